The van der Waals surface area contributed by atoms with Gasteiger partial charge in [-0.2, -0.15) is 0 Å². The molecule has 0 fully saturated rings. The molecule has 14 heavy (non-hydrogen) atoms. The van der Waals surface area contributed by atoms with Gasteiger partial charge in [-0.05, 0) is 35.6 Å². The van der Waals surface area contributed by atoms with Crippen LogP contribution >= 0.6 is 27.9 Å². The molecular weight excluding hydrogens is 262 g/mol. The number of aryl methyl sites for hydroxylation is 1. The lowest BCUT2D eigenvalue weighted by Gasteiger charge is -2.16. The van der Waals surface area contributed by atoms with Crippen LogP contribution in [-0.2, 0) is 17.6 Å². The lowest BCUT2D eigenvalue weighted by Crippen LogP contribution is -2.22. The zero-order chi connectivity index (χ0) is 9.97. The van der Waals surface area contributed by atoms with E-state index in [1.165, 1.54) is 22.4 Å². The van der Waals surface area contributed by atoms with Gasteiger partial charge < -0.3 is 0 Å². The Labute approximate surface area is 95.7 Å². The van der Waals surface area contributed by atoms with Crippen LogP contribution in [0.5, 0.6) is 0 Å². The van der Waals surface area contributed by atoms with Crippen LogP contribution in [0.25, 0.3) is 0 Å². The van der Waals surface area contributed by atoms with E-state index in [0.29, 0.717) is 6.42 Å². The van der Waals surface area contributed by atoms with Crippen LogP contribution < -0.4 is 4.72 Å². The molecule has 0 bridgehead atoms. The highest BCUT2D eigenvalue weighted by atomic mass is 79.9. The van der Waals surface area contributed by atoms with Crippen molar-refractivity contribution >= 4 is 33.8 Å². The Hall–Kier alpha value is -0.480. The second-order valence-electron chi connectivity index (χ2n) is 3.19. The minimum atomic E-state index is 0.0958. The summed E-state index contributed by atoms with van der Waals surface area (Å²) >= 11 is 4.82. The number of nitrogens with one attached hydrogen (secondary N) is 1. The van der Waals surface area contributed by atoms with Crippen LogP contribution in [0.1, 0.15) is 11.1 Å². The average molecular weight is 272 g/mol. The molecule has 1 aromatic rings. The van der Waals surface area contributed by atoms with E-state index in [1.54, 1.807) is 0 Å². The second-order valence-corrected chi connectivity index (χ2v) is 4.83. The number of rotatable bonds is 2. The highest BCUT2D eigenvalue weighted by Gasteiger charge is 2.15. The molecular formula is C10H10BrNOS. The molecule has 0 unspecified atom stereocenters. The fourth-order valence-electron chi connectivity index (χ4n) is 1.46. The molecule has 0 atom stereocenters. The molecule has 74 valence electrons. The molecule has 0 radical (unpaired) electrons. The molecule has 1 heterocycles. The van der Waals surface area contributed by atoms with Crippen molar-refractivity contribution in [1.82, 2.24) is 4.72 Å². The summed E-state index contributed by atoms with van der Waals surface area (Å²) in [6, 6.07) is 6.32. The van der Waals surface area contributed by atoms with Gasteiger partial charge in [-0.25, -0.2) is 0 Å². The predicted molar refractivity (Wildman–Crippen MR) is 61.6 cm³/mol. The number of hydrogen-bond acceptors (Lipinski definition) is 2. The quantitative estimate of drug-likeness (QED) is 0.661. The fourth-order valence-corrected chi connectivity index (χ4v) is 2.61. The maximum atomic E-state index is 11.2. The number of benzene rings is 1. The van der Waals surface area contributed by atoms with Crippen molar-refractivity contribution in [2.24, 2.45) is 0 Å². The molecule has 1 aromatic carbocycles. The lowest BCUT2D eigenvalue weighted by atomic mass is 10.1. The number of amides is 1. The molecule has 1 amide bonds. The highest BCUT2D eigenvalue weighted by molar-refractivity contribution is 9.09. The number of fused-ring (bicyclic) bond motifs is 1. The van der Waals surface area contributed by atoms with Gasteiger partial charge in [0, 0.05) is 10.2 Å². The molecule has 0 aromatic heterocycles. The Morgan fingerprint density at radius 1 is 1.50 bits per heavy atom. The summed E-state index contributed by atoms with van der Waals surface area (Å²) in [5.41, 5.74) is 2.44. The van der Waals surface area contributed by atoms with Crippen LogP contribution in [0.3, 0.4) is 0 Å². The van der Waals surface area contributed by atoms with Crippen molar-refractivity contribution in [3.63, 3.8) is 0 Å². The zero-order valence-corrected chi connectivity index (χ0v) is 9.95. The minimum absolute atomic E-state index is 0.0958. The van der Waals surface area contributed by atoms with Gasteiger partial charge in [0.15, 0.2) is 0 Å². The summed E-state index contributed by atoms with van der Waals surface area (Å²) in [5, 5.41) is 0.963. The Kier molecular flexibility index (Phi) is 3.13. The van der Waals surface area contributed by atoms with E-state index >= 15 is 0 Å². The standard InChI is InChI=1S/C10H10BrNOS/c11-4-3-7-1-2-9-8(5-7)6-10(13)12-14-9/h1-2,5H,3-4,6H2,(H,12,13). The van der Waals surface area contributed by atoms with E-state index < -0.39 is 0 Å². The molecule has 0 aliphatic carbocycles. The first kappa shape index (κ1) is 10.1. The normalized spacial score (nSPS) is 14.8. The number of hydrogen-bond donors (Lipinski definition) is 1. The maximum Gasteiger partial charge on any atom is 0.234 e. The first-order valence-corrected chi connectivity index (χ1v) is 6.37. The van der Waals surface area contributed by atoms with Gasteiger partial charge in [0.05, 0.1) is 6.42 Å². The first-order chi connectivity index (χ1) is 6.79. The summed E-state index contributed by atoms with van der Waals surface area (Å²) in [4.78, 5) is 12.3. The largest absolute Gasteiger partial charge is 0.296 e. The third-order valence-electron chi connectivity index (χ3n) is 2.13. The highest BCUT2D eigenvalue weighted by Crippen LogP contribution is 2.26. The molecule has 4 heteroatoms. The van der Waals surface area contributed by atoms with Crippen LogP contribution in [0.2, 0.25) is 0 Å². The zero-order valence-electron chi connectivity index (χ0n) is 7.55. The first-order valence-electron chi connectivity index (χ1n) is 4.43. The van der Waals surface area contributed by atoms with Crippen molar-refractivity contribution in [1.29, 1.82) is 0 Å². The van der Waals surface area contributed by atoms with Crippen LogP contribution in [0, 0.1) is 0 Å². The Bertz CT molecular complexity index is 367. The minimum Gasteiger partial charge on any atom is -0.296 e. The van der Waals surface area contributed by atoms with E-state index in [9.17, 15) is 4.79 Å². The molecule has 1 aliphatic rings. The van der Waals surface area contributed by atoms with Gasteiger partial charge >= 0.3 is 0 Å². The second kappa shape index (κ2) is 4.36. The average Bonchev–Trinajstić information content (AvgIpc) is 2.17. The van der Waals surface area contributed by atoms with E-state index in [-0.39, 0.29) is 5.91 Å². The summed E-state index contributed by atoms with van der Waals surface area (Å²) in [7, 11) is 0. The number of carbonyl (C=O) groups is 1. The molecule has 0 saturated carbocycles. The van der Waals surface area contributed by atoms with Crippen LogP contribution in [-0.4, -0.2) is 11.2 Å². The van der Waals surface area contributed by atoms with Crippen molar-refractivity contribution in [2.75, 3.05) is 5.33 Å². The van der Waals surface area contributed by atoms with Crippen molar-refractivity contribution < 1.29 is 4.79 Å². The van der Waals surface area contributed by atoms with Crippen molar-refractivity contribution in [3.05, 3.63) is 29.3 Å². The summed E-state index contributed by atoms with van der Waals surface area (Å²) in [6.45, 7) is 0. The number of carbonyl (C=O) groups excluding carboxylic acids is 1. The summed E-state index contributed by atoms with van der Waals surface area (Å²) in [6.07, 6.45) is 1.53. The van der Waals surface area contributed by atoms with E-state index in [2.05, 4.69) is 38.9 Å². The molecule has 2 nitrogen and oxygen atoms in total. The lowest BCUT2D eigenvalue weighted by molar-refractivity contribution is -0.118. The molecule has 2 rings (SSSR count). The molecule has 1 aliphatic heterocycles. The smallest absolute Gasteiger partial charge is 0.234 e. The van der Waals surface area contributed by atoms with Gasteiger partial charge in [-0.15, -0.1) is 0 Å². The monoisotopic (exact) mass is 271 g/mol. The maximum absolute atomic E-state index is 11.2. The Morgan fingerprint density at radius 2 is 2.36 bits per heavy atom. The number of alkyl halides is 1. The van der Waals surface area contributed by atoms with Gasteiger partial charge in [-0.1, -0.05) is 28.1 Å². The van der Waals surface area contributed by atoms with Crippen molar-refractivity contribution in [2.45, 2.75) is 17.7 Å². The fraction of sp³-hybridized carbons (Fsp3) is 0.300. The van der Waals surface area contributed by atoms with Gasteiger partial charge in [-0.3, -0.25) is 9.52 Å². The molecule has 1 N–H and O–H groups in total. The summed E-state index contributed by atoms with van der Waals surface area (Å²) in [5.74, 6) is 0.0958. The topological polar surface area (TPSA) is 29.1 Å². The van der Waals surface area contributed by atoms with Gasteiger partial charge in [0.25, 0.3) is 0 Å². The van der Waals surface area contributed by atoms with E-state index in [1.807, 2.05) is 0 Å². The number of halogens is 1. The van der Waals surface area contributed by atoms with E-state index in [0.717, 1.165) is 17.3 Å². The van der Waals surface area contributed by atoms with Crippen LogP contribution in [0.4, 0.5) is 0 Å². The summed E-state index contributed by atoms with van der Waals surface area (Å²) < 4.78 is 2.76. The molecule has 0 saturated heterocycles. The predicted octanol–water partition coefficient (Wildman–Crippen LogP) is 2.30. The van der Waals surface area contributed by atoms with Gasteiger partial charge in [0.2, 0.25) is 5.91 Å². The van der Waals surface area contributed by atoms with E-state index in [4.69, 9.17) is 0 Å². The third kappa shape index (κ3) is 2.12. The third-order valence-corrected chi connectivity index (χ3v) is 3.48. The van der Waals surface area contributed by atoms with Gasteiger partial charge in [0.1, 0.15) is 0 Å². The SMILES string of the molecule is O=C1Cc2cc(CCBr)ccc2SN1. The Balaban J connectivity index is 2.28. The van der Waals surface area contributed by atoms with Crippen molar-refractivity contribution in [3.8, 4) is 0 Å². The molecule has 0 spiro atoms. The van der Waals surface area contributed by atoms with Crippen LogP contribution in [0.15, 0.2) is 23.1 Å². The Morgan fingerprint density at radius 3 is 3.14 bits per heavy atom.